The molecule has 0 saturated heterocycles. The van der Waals surface area contributed by atoms with Crippen molar-refractivity contribution in [3.05, 3.63) is 68.1 Å². The number of phosphoric ester groups is 1. The van der Waals surface area contributed by atoms with Crippen LogP contribution in [0.1, 0.15) is 30.3 Å². The molecule has 0 aliphatic rings. The van der Waals surface area contributed by atoms with Crippen LogP contribution in [-0.4, -0.2) is 52.8 Å². The average Bonchev–Trinajstić information content (AvgIpc) is 2.76. The Labute approximate surface area is 198 Å². The van der Waals surface area contributed by atoms with Gasteiger partial charge in [0.1, 0.15) is 16.7 Å². The molecule has 0 radical (unpaired) electrons. The summed E-state index contributed by atoms with van der Waals surface area (Å²) in [6.07, 6.45) is 1.98. The van der Waals surface area contributed by atoms with E-state index in [-0.39, 0.29) is 47.5 Å². The number of nitrogens with two attached hydrogens (primary N) is 1. The molecular formula is C19H24N5O8PS. The van der Waals surface area contributed by atoms with Crippen LogP contribution in [-0.2, 0) is 20.4 Å². The molecule has 0 atom stereocenters. The summed E-state index contributed by atoms with van der Waals surface area (Å²) in [5, 5.41) is 21.3. The Balaban J connectivity index is 2.42. The molecule has 1 amide bonds. The molecule has 0 fully saturated rings. The Morgan fingerprint density at radius 2 is 2.00 bits per heavy atom. The highest BCUT2D eigenvalue weighted by Gasteiger charge is 2.17. The predicted octanol–water partition coefficient (Wildman–Crippen LogP) is 2.17. The van der Waals surface area contributed by atoms with Gasteiger partial charge in [-0.25, -0.2) is 14.5 Å². The van der Waals surface area contributed by atoms with Gasteiger partial charge in [-0.1, -0.05) is 0 Å². The largest absolute Gasteiger partial charge is 0.469 e. The SMILES string of the molecule is C/C(=C(CCOP(=O)(O)O)/[SH]=C(\O)c1ccc([N+](=O)[O-])cc1)N(C=O)Cc1cnc(C)nc1N. The number of non-ortho nitro benzene ring substituents is 1. The second kappa shape index (κ2) is 11.9. The molecule has 0 unspecified atom stereocenters. The van der Waals surface area contributed by atoms with Gasteiger partial charge in [-0.2, -0.15) is 0 Å². The van der Waals surface area contributed by atoms with Crippen LogP contribution in [0, 0.1) is 17.0 Å². The van der Waals surface area contributed by atoms with Crippen molar-refractivity contribution < 1.29 is 33.7 Å². The highest BCUT2D eigenvalue weighted by atomic mass is 32.1. The van der Waals surface area contributed by atoms with Gasteiger partial charge in [0.2, 0.25) is 6.41 Å². The molecule has 13 nitrogen and oxygen atoms in total. The number of nitro benzene ring substituents is 1. The molecule has 34 heavy (non-hydrogen) atoms. The monoisotopic (exact) mass is 513 g/mol. The van der Waals surface area contributed by atoms with Gasteiger partial charge in [-0.15, -0.1) is 11.4 Å². The molecule has 0 saturated carbocycles. The second-order valence-electron chi connectivity index (χ2n) is 6.91. The number of allylic oxidation sites excluding steroid dienone is 1. The van der Waals surface area contributed by atoms with Crippen LogP contribution in [0.15, 0.2) is 41.1 Å². The molecule has 1 aromatic heterocycles. The predicted molar refractivity (Wildman–Crippen MR) is 127 cm³/mol. The molecule has 0 aliphatic heterocycles. The number of phosphoric acid groups is 1. The third-order valence-electron chi connectivity index (χ3n) is 4.51. The molecule has 0 bridgehead atoms. The normalized spacial score (nSPS) is 13.0. The fourth-order valence-electron chi connectivity index (χ4n) is 2.72. The van der Waals surface area contributed by atoms with Gasteiger partial charge in [0.15, 0.2) is 0 Å². The lowest BCUT2D eigenvalue weighted by atomic mass is 10.2. The van der Waals surface area contributed by atoms with E-state index in [0.717, 1.165) is 0 Å². The van der Waals surface area contributed by atoms with Gasteiger partial charge >= 0.3 is 7.82 Å². The van der Waals surface area contributed by atoms with E-state index in [1.165, 1.54) is 35.4 Å². The van der Waals surface area contributed by atoms with Crippen LogP contribution in [0.3, 0.4) is 0 Å². The first kappa shape index (κ1) is 27.2. The summed E-state index contributed by atoms with van der Waals surface area (Å²) in [6, 6.07) is 5.18. The zero-order valence-electron chi connectivity index (χ0n) is 18.2. The Bertz CT molecular complexity index is 1170. The van der Waals surface area contributed by atoms with E-state index in [9.17, 15) is 24.6 Å². The average molecular weight is 513 g/mol. The van der Waals surface area contributed by atoms with Gasteiger partial charge in [0.05, 0.1) is 18.1 Å². The number of benzene rings is 1. The molecule has 2 rings (SSSR count). The van der Waals surface area contributed by atoms with Crippen LogP contribution >= 0.6 is 19.2 Å². The maximum absolute atomic E-state index is 11.8. The molecule has 0 aliphatic carbocycles. The van der Waals surface area contributed by atoms with Crippen molar-refractivity contribution in [2.45, 2.75) is 26.8 Å². The lowest BCUT2D eigenvalue weighted by Crippen LogP contribution is -2.22. The number of nitrogen functional groups attached to an aromatic ring is 1. The molecule has 0 spiro atoms. The number of thiol groups is 1. The third kappa shape index (κ3) is 8.09. The Hall–Kier alpha value is -3.00. The van der Waals surface area contributed by atoms with Crippen molar-refractivity contribution in [2.24, 2.45) is 0 Å². The number of aromatic nitrogens is 2. The number of amides is 1. The summed E-state index contributed by atoms with van der Waals surface area (Å²) in [5.74, 6) is 0.652. The number of hydrogen-bond acceptors (Lipinski definition) is 8. The van der Waals surface area contributed by atoms with E-state index in [4.69, 9.17) is 15.5 Å². The van der Waals surface area contributed by atoms with Crippen molar-refractivity contribution >= 4 is 42.1 Å². The van der Waals surface area contributed by atoms with Crippen LogP contribution in [0.2, 0.25) is 0 Å². The van der Waals surface area contributed by atoms with Crippen molar-refractivity contribution in [2.75, 3.05) is 12.3 Å². The highest BCUT2D eigenvalue weighted by molar-refractivity contribution is 8.02. The fraction of sp³-hybridized carbons (Fsp3) is 0.263. The minimum atomic E-state index is -4.73. The van der Waals surface area contributed by atoms with Crippen LogP contribution < -0.4 is 5.73 Å². The van der Waals surface area contributed by atoms with Crippen LogP contribution in [0.25, 0.3) is 0 Å². The summed E-state index contributed by atoms with van der Waals surface area (Å²) in [6.45, 7) is 2.87. The summed E-state index contributed by atoms with van der Waals surface area (Å²) < 4.78 is 15.6. The van der Waals surface area contributed by atoms with E-state index in [1.54, 1.807) is 13.8 Å². The summed E-state index contributed by atoms with van der Waals surface area (Å²) in [4.78, 5) is 49.9. The first-order valence-electron chi connectivity index (χ1n) is 9.63. The number of carbonyl (C=O) groups is 1. The zero-order chi connectivity index (χ0) is 25.5. The lowest BCUT2D eigenvalue weighted by Gasteiger charge is -2.22. The second-order valence-corrected chi connectivity index (χ2v) is 9.33. The minimum absolute atomic E-state index is 0.0120. The Morgan fingerprint density at radius 3 is 2.53 bits per heavy atom. The molecule has 15 heteroatoms. The van der Waals surface area contributed by atoms with Gasteiger partial charge < -0.3 is 25.5 Å². The third-order valence-corrected chi connectivity index (χ3v) is 6.32. The number of nitrogens with zero attached hydrogens (tertiary/aromatic N) is 4. The van der Waals surface area contributed by atoms with Crippen LogP contribution in [0.5, 0.6) is 0 Å². The number of rotatable bonds is 11. The molecule has 184 valence electrons. The van der Waals surface area contributed by atoms with E-state index >= 15 is 0 Å². The Morgan fingerprint density at radius 1 is 1.35 bits per heavy atom. The number of anilines is 1. The smallest absolute Gasteiger partial charge is 0.383 e. The molecule has 1 aromatic carbocycles. The number of aliphatic hydroxyl groups excluding tert-OH is 1. The van der Waals surface area contributed by atoms with Gasteiger partial charge in [0.25, 0.3) is 5.69 Å². The summed E-state index contributed by atoms with van der Waals surface area (Å²) >= 11 is 0.197. The van der Waals surface area contributed by atoms with E-state index in [2.05, 4.69) is 14.5 Å². The molecule has 1 heterocycles. The maximum atomic E-state index is 11.8. The summed E-state index contributed by atoms with van der Waals surface area (Å²) in [7, 11) is -4.73. The van der Waals surface area contributed by atoms with Crippen molar-refractivity contribution in [3.63, 3.8) is 0 Å². The number of aliphatic hydroxyl groups is 1. The quantitative estimate of drug-likeness (QED) is 0.0735. The fourth-order valence-corrected chi connectivity index (χ4v) is 4.08. The van der Waals surface area contributed by atoms with Gasteiger partial charge in [-0.05, 0) is 26.0 Å². The topological polar surface area (TPSA) is 202 Å². The Kier molecular flexibility index (Phi) is 9.55. The first-order valence-corrected chi connectivity index (χ1v) is 12.1. The van der Waals surface area contributed by atoms with Crippen LogP contribution in [0.4, 0.5) is 11.5 Å². The maximum Gasteiger partial charge on any atom is 0.469 e. The molecular weight excluding hydrogens is 489 g/mol. The molecule has 2 aromatic rings. The van der Waals surface area contributed by atoms with E-state index < -0.39 is 12.7 Å². The van der Waals surface area contributed by atoms with Crippen molar-refractivity contribution in [3.8, 4) is 0 Å². The molecule has 5 N–H and O–H groups in total. The number of aryl methyl sites for hydroxylation is 1. The standard InChI is InChI=1S/C19H24N5O8PS/c1-12(23(11-25)10-15-9-21-13(2)22-18(15)20)17(7-8-32-33(29,30)31)34-19(26)14-3-5-16(6-4-14)24(27)28/h3-6,9,11,26,34H,7-8,10H2,1-2H3,(H2,20,21,22)(H2,29,30,31)/b17-12-. The first-order chi connectivity index (χ1) is 15.9. The highest BCUT2D eigenvalue weighted by Crippen LogP contribution is 2.36. The number of carbonyl (C=O) groups excluding carboxylic acids is 1. The van der Waals surface area contributed by atoms with Gasteiger partial charge in [0, 0.05) is 46.5 Å². The zero-order valence-corrected chi connectivity index (χ0v) is 20.0. The minimum Gasteiger partial charge on any atom is -0.383 e. The van der Waals surface area contributed by atoms with E-state index in [0.29, 0.717) is 34.0 Å². The van der Waals surface area contributed by atoms with Gasteiger partial charge in [-0.3, -0.25) is 19.4 Å². The number of nitro groups is 1. The summed E-state index contributed by atoms with van der Waals surface area (Å²) in [5.41, 5.74) is 6.90. The lowest BCUT2D eigenvalue weighted by molar-refractivity contribution is -0.384. The number of hydrogen-bond donors (Lipinski definition) is 5. The van der Waals surface area contributed by atoms with E-state index in [1.807, 2.05) is 0 Å². The van der Waals surface area contributed by atoms with Crippen molar-refractivity contribution in [1.29, 1.82) is 0 Å². The van der Waals surface area contributed by atoms with Crippen molar-refractivity contribution in [1.82, 2.24) is 14.9 Å².